The van der Waals surface area contributed by atoms with Crippen molar-refractivity contribution in [1.29, 1.82) is 0 Å². The summed E-state index contributed by atoms with van der Waals surface area (Å²) in [4.78, 5) is 20.4. The van der Waals surface area contributed by atoms with Crippen molar-refractivity contribution in [2.45, 2.75) is 0 Å². The predicted octanol–water partition coefficient (Wildman–Crippen LogP) is 10.5. The molecule has 50 heavy (non-hydrogen) atoms. The van der Waals surface area contributed by atoms with Crippen LogP contribution < -0.4 is 0 Å². The monoisotopic (exact) mass is 640 g/mol. The SMILES string of the molecule is c1ccc(-c2ccc(-c3nc(-c4ccccc4)nc(-n4c5ncccc5c5ccc6c(c7ccccc7n6-c6ccccc6)c54)n3)cc2)cc1. The van der Waals surface area contributed by atoms with Gasteiger partial charge in [0.1, 0.15) is 5.65 Å². The molecule has 0 unspecified atom stereocenters. The van der Waals surface area contributed by atoms with Gasteiger partial charge in [-0.1, -0.05) is 121 Å². The summed E-state index contributed by atoms with van der Waals surface area (Å²) < 4.78 is 4.47. The zero-order valence-electron chi connectivity index (χ0n) is 26.8. The second kappa shape index (κ2) is 11.4. The second-order valence-electron chi connectivity index (χ2n) is 12.3. The van der Waals surface area contributed by atoms with Crippen molar-refractivity contribution < 1.29 is 0 Å². The zero-order valence-corrected chi connectivity index (χ0v) is 26.8. The molecule has 0 bridgehead atoms. The summed E-state index contributed by atoms with van der Waals surface area (Å²) in [5.41, 5.74) is 9.26. The average Bonchev–Trinajstić information content (AvgIpc) is 3.72. The summed E-state index contributed by atoms with van der Waals surface area (Å²) in [7, 11) is 0. The summed E-state index contributed by atoms with van der Waals surface area (Å²) in [5.74, 6) is 1.71. The number of aromatic nitrogens is 6. The van der Waals surface area contributed by atoms with E-state index in [1.54, 1.807) is 0 Å². The Kier molecular flexibility index (Phi) is 6.39. The Labute approximate surface area is 287 Å². The molecule has 0 aliphatic rings. The molecule has 0 amide bonds. The van der Waals surface area contributed by atoms with Crippen molar-refractivity contribution in [2.24, 2.45) is 0 Å². The van der Waals surface area contributed by atoms with Crippen molar-refractivity contribution in [3.8, 4) is 45.5 Å². The molecule has 10 rings (SSSR count). The van der Waals surface area contributed by atoms with Crippen LogP contribution in [0.3, 0.4) is 0 Å². The van der Waals surface area contributed by atoms with E-state index in [0.29, 0.717) is 17.6 Å². The van der Waals surface area contributed by atoms with Crippen LogP contribution in [0.15, 0.2) is 170 Å². The van der Waals surface area contributed by atoms with E-state index in [9.17, 15) is 0 Å². The van der Waals surface area contributed by atoms with Crippen LogP contribution in [-0.2, 0) is 0 Å². The van der Waals surface area contributed by atoms with Crippen molar-refractivity contribution in [3.63, 3.8) is 0 Å². The van der Waals surface area contributed by atoms with Crippen molar-refractivity contribution in [2.75, 3.05) is 0 Å². The maximum Gasteiger partial charge on any atom is 0.240 e. The average molecular weight is 641 g/mol. The van der Waals surface area contributed by atoms with E-state index in [1.165, 1.54) is 0 Å². The van der Waals surface area contributed by atoms with Crippen LogP contribution in [0.2, 0.25) is 0 Å². The highest BCUT2D eigenvalue weighted by molar-refractivity contribution is 6.25. The quantitative estimate of drug-likeness (QED) is 0.188. The van der Waals surface area contributed by atoms with Crippen LogP contribution in [0.4, 0.5) is 0 Å². The van der Waals surface area contributed by atoms with Crippen LogP contribution >= 0.6 is 0 Å². The third-order valence-electron chi connectivity index (χ3n) is 9.44. The van der Waals surface area contributed by atoms with E-state index in [0.717, 1.165) is 71.7 Å². The highest BCUT2D eigenvalue weighted by atomic mass is 15.2. The molecule has 0 atom stereocenters. The highest BCUT2D eigenvalue weighted by Crippen LogP contribution is 2.41. The smallest absolute Gasteiger partial charge is 0.240 e. The van der Waals surface area contributed by atoms with Crippen molar-refractivity contribution in [1.82, 2.24) is 29.1 Å². The van der Waals surface area contributed by atoms with Crippen molar-refractivity contribution >= 4 is 43.7 Å². The fourth-order valence-corrected chi connectivity index (χ4v) is 7.19. The molecule has 4 heterocycles. The molecule has 10 aromatic rings. The topological polar surface area (TPSA) is 61.4 Å². The largest absolute Gasteiger partial charge is 0.309 e. The Morgan fingerprint density at radius 3 is 1.70 bits per heavy atom. The molecule has 0 saturated carbocycles. The van der Waals surface area contributed by atoms with Gasteiger partial charge in [-0.15, -0.1) is 0 Å². The van der Waals surface area contributed by atoms with Gasteiger partial charge in [0.15, 0.2) is 11.6 Å². The predicted molar refractivity (Wildman–Crippen MR) is 203 cm³/mol. The summed E-state index contributed by atoms with van der Waals surface area (Å²) >= 11 is 0. The molecule has 234 valence electrons. The molecule has 0 aliphatic heterocycles. The van der Waals surface area contributed by atoms with Gasteiger partial charge in [0, 0.05) is 44.6 Å². The molecule has 6 heteroatoms. The molecule has 0 fully saturated rings. The fourth-order valence-electron chi connectivity index (χ4n) is 7.19. The number of benzene rings is 6. The lowest BCUT2D eigenvalue weighted by atomic mass is 10.0. The second-order valence-corrected chi connectivity index (χ2v) is 12.3. The molecular weight excluding hydrogens is 613 g/mol. The normalized spacial score (nSPS) is 11.6. The molecule has 0 saturated heterocycles. The number of hydrogen-bond acceptors (Lipinski definition) is 4. The highest BCUT2D eigenvalue weighted by Gasteiger charge is 2.23. The Morgan fingerprint density at radius 1 is 0.380 bits per heavy atom. The van der Waals surface area contributed by atoms with E-state index in [4.69, 9.17) is 19.9 Å². The Hall–Kier alpha value is -6.92. The molecule has 0 aliphatic carbocycles. The van der Waals surface area contributed by atoms with Gasteiger partial charge in [-0.3, -0.25) is 4.57 Å². The lowest BCUT2D eigenvalue weighted by Crippen LogP contribution is -2.07. The fraction of sp³-hybridized carbons (Fsp3) is 0. The first-order valence-electron chi connectivity index (χ1n) is 16.7. The number of rotatable bonds is 5. The van der Waals surface area contributed by atoms with Gasteiger partial charge in [-0.05, 0) is 53.6 Å². The van der Waals surface area contributed by atoms with Gasteiger partial charge in [-0.25, -0.2) is 9.97 Å². The first-order valence-corrected chi connectivity index (χ1v) is 16.7. The summed E-state index contributed by atoms with van der Waals surface area (Å²) in [5, 5.41) is 4.40. The molecule has 0 spiro atoms. The van der Waals surface area contributed by atoms with Gasteiger partial charge < -0.3 is 4.57 Å². The number of pyridine rings is 1. The Morgan fingerprint density at radius 2 is 0.960 bits per heavy atom. The summed E-state index contributed by atoms with van der Waals surface area (Å²) in [6.07, 6.45) is 1.84. The van der Waals surface area contributed by atoms with E-state index in [-0.39, 0.29) is 0 Å². The van der Waals surface area contributed by atoms with Crippen LogP contribution in [0.25, 0.3) is 89.3 Å². The number of hydrogen-bond donors (Lipinski definition) is 0. The Bertz CT molecular complexity index is 2840. The number of para-hydroxylation sites is 2. The number of fused-ring (bicyclic) bond motifs is 7. The molecule has 4 aromatic heterocycles. The van der Waals surface area contributed by atoms with Gasteiger partial charge in [-0.2, -0.15) is 9.97 Å². The standard InChI is InChI=1S/C44H28N6/c1-4-13-29(14-5-1)30-22-24-32(25-23-30)42-46-41(31-15-6-2-7-16-31)47-44(48-42)50-40-34(35-20-12-28-45-43(35)50)26-27-38-39(40)36-19-10-11-21-37(36)49(38)33-17-8-3-9-18-33/h1-28H. The van der Waals surface area contributed by atoms with Crippen LogP contribution in [0.1, 0.15) is 0 Å². The Balaban J connectivity index is 1.29. The van der Waals surface area contributed by atoms with E-state index < -0.39 is 0 Å². The van der Waals surface area contributed by atoms with E-state index in [1.807, 2.05) is 48.7 Å². The molecule has 0 N–H and O–H groups in total. The lowest BCUT2D eigenvalue weighted by molar-refractivity contribution is 0.946. The van der Waals surface area contributed by atoms with Crippen molar-refractivity contribution in [3.05, 3.63) is 170 Å². The molecule has 6 nitrogen and oxygen atoms in total. The maximum absolute atomic E-state index is 5.22. The summed E-state index contributed by atoms with van der Waals surface area (Å²) in [6.45, 7) is 0. The minimum atomic E-state index is 0.517. The minimum absolute atomic E-state index is 0.517. The molecule has 6 aromatic carbocycles. The van der Waals surface area contributed by atoms with Gasteiger partial charge in [0.25, 0.3) is 0 Å². The summed E-state index contributed by atoms with van der Waals surface area (Å²) in [6, 6.07) is 56.6. The van der Waals surface area contributed by atoms with E-state index in [2.05, 4.69) is 130 Å². The minimum Gasteiger partial charge on any atom is -0.309 e. The third-order valence-corrected chi connectivity index (χ3v) is 9.44. The number of nitrogens with zero attached hydrogens (tertiary/aromatic N) is 6. The maximum atomic E-state index is 5.22. The third kappa shape index (κ3) is 4.43. The first-order chi connectivity index (χ1) is 24.8. The van der Waals surface area contributed by atoms with Gasteiger partial charge in [0.05, 0.1) is 16.6 Å². The first kappa shape index (κ1) is 28.1. The van der Waals surface area contributed by atoms with Gasteiger partial charge in [0.2, 0.25) is 5.95 Å². The zero-order chi connectivity index (χ0) is 33.0. The van der Waals surface area contributed by atoms with E-state index >= 15 is 0 Å². The molecule has 0 radical (unpaired) electrons. The van der Waals surface area contributed by atoms with Crippen LogP contribution in [-0.4, -0.2) is 29.1 Å². The van der Waals surface area contributed by atoms with Crippen LogP contribution in [0, 0.1) is 0 Å². The lowest BCUT2D eigenvalue weighted by Gasteiger charge is -2.11. The molecular formula is C44H28N6. The van der Waals surface area contributed by atoms with Gasteiger partial charge >= 0.3 is 0 Å². The van der Waals surface area contributed by atoms with Crippen LogP contribution in [0.5, 0.6) is 0 Å².